The summed E-state index contributed by atoms with van der Waals surface area (Å²) < 4.78 is 6.75. The number of rotatable bonds is 5. The topological polar surface area (TPSA) is 81.1 Å². The van der Waals surface area contributed by atoms with Gasteiger partial charge in [0.1, 0.15) is 6.04 Å². The van der Waals surface area contributed by atoms with Crippen LogP contribution in [-0.4, -0.2) is 33.8 Å². The monoisotopic (exact) mass is 303 g/mol. The van der Waals surface area contributed by atoms with Crippen molar-refractivity contribution < 1.29 is 9.53 Å². The molecule has 0 aliphatic carbocycles. The first kappa shape index (κ1) is 15.8. The Morgan fingerprint density at radius 1 is 1.36 bits per heavy atom. The number of ether oxygens (including phenoxy) is 1. The average molecular weight is 303 g/mol. The number of anilines is 2. The maximum atomic E-state index is 12.3. The molecule has 22 heavy (non-hydrogen) atoms. The van der Waals surface area contributed by atoms with Crippen molar-refractivity contribution in [2.75, 3.05) is 17.7 Å². The number of aryl methyl sites for hydroxylation is 2. The van der Waals surface area contributed by atoms with Crippen LogP contribution < -0.4 is 15.4 Å². The number of amides is 1. The van der Waals surface area contributed by atoms with Crippen LogP contribution in [0.4, 0.5) is 11.4 Å². The number of methoxy groups -OCH3 is 1. The predicted molar refractivity (Wildman–Crippen MR) is 85.2 cm³/mol. The molecule has 1 unspecified atom stereocenters. The molecule has 0 aliphatic rings. The molecule has 2 heterocycles. The molecule has 118 valence electrons. The second kappa shape index (κ2) is 6.46. The first-order valence-corrected chi connectivity index (χ1v) is 7.00. The molecule has 2 N–H and O–H groups in total. The Morgan fingerprint density at radius 2 is 2.09 bits per heavy atom. The number of nitrogens with zero attached hydrogens (tertiary/aromatic N) is 3. The lowest BCUT2D eigenvalue weighted by Crippen LogP contribution is -2.32. The normalized spacial score (nSPS) is 11.9. The molecule has 2 aromatic heterocycles. The van der Waals surface area contributed by atoms with Crippen molar-refractivity contribution in [2.24, 2.45) is 7.05 Å². The van der Waals surface area contributed by atoms with E-state index in [0.29, 0.717) is 5.88 Å². The summed E-state index contributed by atoms with van der Waals surface area (Å²) in [6.07, 6.45) is 1.63. The van der Waals surface area contributed by atoms with Crippen LogP contribution >= 0.6 is 0 Å². The first-order valence-electron chi connectivity index (χ1n) is 7.00. The fourth-order valence-corrected chi connectivity index (χ4v) is 2.09. The van der Waals surface area contributed by atoms with Gasteiger partial charge in [0.2, 0.25) is 11.8 Å². The van der Waals surface area contributed by atoms with Crippen molar-refractivity contribution >= 4 is 17.3 Å². The van der Waals surface area contributed by atoms with E-state index in [4.69, 9.17) is 4.74 Å². The minimum Gasteiger partial charge on any atom is -0.481 e. The Morgan fingerprint density at radius 3 is 2.59 bits per heavy atom. The van der Waals surface area contributed by atoms with E-state index in [0.717, 1.165) is 22.8 Å². The number of hydrogen-bond acceptors (Lipinski definition) is 5. The lowest BCUT2D eigenvalue weighted by molar-refractivity contribution is -0.116. The minimum atomic E-state index is -0.408. The highest BCUT2D eigenvalue weighted by molar-refractivity contribution is 5.97. The Hall–Kier alpha value is -2.57. The van der Waals surface area contributed by atoms with Crippen LogP contribution in [0.25, 0.3) is 0 Å². The Balaban J connectivity index is 2.02. The van der Waals surface area contributed by atoms with E-state index in [-0.39, 0.29) is 5.91 Å². The molecule has 0 bridgehead atoms. The van der Waals surface area contributed by atoms with E-state index in [1.807, 2.05) is 27.0 Å². The molecule has 0 fully saturated rings. The molecule has 0 aliphatic heterocycles. The van der Waals surface area contributed by atoms with Crippen LogP contribution in [-0.2, 0) is 11.8 Å². The zero-order valence-corrected chi connectivity index (χ0v) is 13.5. The molecule has 0 saturated carbocycles. The van der Waals surface area contributed by atoms with E-state index in [1.54, 1.807) is 31.0 Å². The summed E-state index contributed by atoms with van der Waals surface area (Å²) >= 11 is 0. The van der Waals surface area contributed by atoms with Gasteiger partial charge in [0.25, 0.3) is 0 Å². The van der Waals surface area contributed by atoms with Crippen molar-refractivity contribution in [3.05, 3.63) is 29.7 Å². The first-order chi connectivity index (χ1) is 10.4. The number of carbonyl (C=O) groups excluding carboxylic acids is 1. The average Bonchev–Trinajstić information content (AvgIpc) is 2.74. The van der Waals surface area contributed by atoms with Crippen molar-refractivity contribution in [2.45, 2.75) is 26.8 Å². The van der Waals surface area contributed by atoms with Crippen molar-refractivity contribution in [1.29, 1.82) is 0 Å². The quantitative estimate of drug-likeness (QED) is 0.881. The van der Waals surface area contributed by atoms with Gasteiger partial charge in [0.15, 0.2) is 0 Å². The van der Waals surface area contributed by atoms with Crippen molar-refractivity contribution in [3.63, 3.8) is 0 Å². The molecule has 7 heteroatoms. The predicted octanol–water partition coefficient (Wildman–Crippen LogP) is 1.88. The summed E-state index contributed by atoms with van der Waals surface area (Å²) in [5.41, 5.74) is 3.23. The van der Waals surface area contributed by atoms with Gasteiger partial charge in [-0.15, -0.1) is 0 Å². The highest BCUT2D eigenvalue weighted by atomic mass is 16.5. The third-order valence-corrected chi connectivity index (χ3v) is 3.48. The van der Waals surface area contributed by atoms with E-state index < -0.39 is 6.04 Å². The summed E-state index contributed by atoms with van der Waals surface area (Å²) in [6.45, 7) is 5.58. The zero-order valence-electron chi connectivity index (χ0n) is 13.5. The minimum absolute atomic E-state index is 0.130. The fraction of sp³-hybridized carbons (Fsp3) is 0.400. The lowest BCUT2D eigenvalue weighted by atomic mass is 10.2. The van der Waals surface area contributed by atoms with Gasteiger partial charge < -0.3 is 15.4 Å². The smallest absolute Gasteiger partial charge is 0.246 e. The molecule has 0 aromatic carbocycles. The summed E-state index contributed by atoms with van der Waals surface area (Å²) in [5, 5.41) is 10.3. The van der Waals surface area contributed by atoms with Gasteiger partial charge in [-0.2, -0.15) is 5.10 Å². The second-order valence-electron chi connectivity index (χ2n) is 5.11. The largest absolute Gasteiger partial charge is 0.481 e. The Bertz CT molecular complexity index is 663. The number of nitrogens with one attached hydrogen (secondary N) is 2. The fourth-order valence-electron chi connectivity index (χ4n) is 2.09. The molecular formula is C15H21N5O2. The van der Waals surface area contributed by atoms with Crippen LogP contribution in [0.1, 0.15) is 18.3 Å². The lowest BCUT2D eigenvalue weighted by Gasteiger charge is -2.15. The van der Waals surface area contributed by atoms with E-state index in [9.17, 15) is 4.79 Å². The molecule has 2 rings (SSSR count). The van der Waals surface area contributed by atoms with Crippen LogP contribution in [0.15, 0.2) is 18.3 Å². The van der Waals surface area contributed by atoms with Gasteiger partial charge in [-0.25, -0.2) is 4.98 Å². The zero-order chi connectivity index (χ0) is 16.3. The number of pyridine rings is 1. The third-order valence-electron chi connectivity index (χ3n) is 3.48. The van der Waals surface area contributed by atoms with Crippen LogP contribution in [0.2, 0.25) is 0 Å². The van der Waals surface area contributed by atoms with Gasteiger partial charge in [-0.1, -0.05) is 0 Å². The van der Waals surface area contributed by atoms with E-state index in [1.165, 1.54) is 0 Å². The molecule has 1 amide bonds. The SMILES string of the molecule is COc1ccc(NC(C)C(=O)Nc2c(C)nn(C)c2C)cn1. The number of hydrogen-bond donors (Lipinski definition) is 2. The molecule has 7 nitrogen and oxygen atoms in total. The highest BCUT2D eigenvalue weighted by Crippen LogP contribution is 2.19. The molecule has 0 spiro atoms. The van der Waals surface area contributed by atoms with Gasteiger partial charge in [-0.3, -0.25) is 9.48 Å². The van der Waals surface area contributed by atoms with Gasteiger partial charge in [-0.05, 0) is 26.8 Å². The molecule has 0 radical (unpaired) electrons. The standard InChI is InChI=1S/C15H21N5O2/c1-9-14(11(3)20(4)19-9)18-15(21)10(2)17-12-6-7-13(22-5)16-8-12/h6-8,10,17H,1-5H3,(H,18,21). The molecule has 0 saturated heterocycles. The van der Waals surface area contributed by atoms with E-state index >= 15 is 0 Å². The summed E-state index contributed by atoms with van der Waals surface area (Å²) in [4.78, 5) is 16.4. The number of aromatic nitrogens is 3. The Labute approximate surface area is 129 Å². The van der Waals surface area contributed by atoms with Crippen LogP contribution in [0.3, 0.4) is 0 Å². The molecule has 1 atom stereocenters. The van der Waals surface area contributed by atoms with Crippen LogP contribution in [0.5, 0.6) is 5.88 Å². The molecule has 2 aromatic rings. The molecular weight excluding hydrogens is 282 g/mol. The maximum absolute atomic E-state index is 12.3. The Kier molecular flexibility index (Phi) is 4.65. The van der Waals surface area contributed by atoms with E-state index in [2.05, 4.69) is 20.7 Å². The van der Waals surface area contributed by atoms with Crippen molar-refractivity contribution in [3.8, 4) is 5.88 Å². The van der Waals surface area contributed by atoms with Crippen LogP contribution in [0, 0.1) is 13.8 Å². The van der Waals surface area contributed by atoms with Crippen molar-refractivity contribution in [1.82, 2.24) is 14.8 Å². The van der Waals surface area contributed by atoms with Gasteiger partial charge in [0, 0.05) is 13.1 Å². The summed E-state index contributed by atoms with van der Waals surface area (Å²) in [6, 6.07) is 3.15. The van der Waals surface area contributed by atoms with Gasteiger partial charge >= 0.3 is 0 Å². The summed E-state index contributed by atoms with van der Waals surface area (Å²) in [5.74, 6) is 0.402. The number of carbonyl (C=O) groups is 1. The third kappa shape index (κ3) is 3.36. The second-order valence-corrected chi connectivity index (χ2v) is 5.11. The maximum Gasteiger partial charge on any atom is 0.246 e. The summed E-state index contributed by atoms with van der Waals surface area (Å²) in [7, 11) is 3.41. The van der Waals surface area contributed by atoms with Gasteiger partial charge in [0.05, 0.1) is 36.1 Å². The highest BCUT2D eigenvalue weighted by Gasteiger charge is 2.17.